The topological polar surface area (TPSA) is 46.3 Å². The summed E-state index contributed by atoms with van der Waals surface area (Å²) in [6, 6.07) is 8.51. The second kappa shape index (κ2) is 6.16. The summed E-state index contributed by atoms with van der Waals surface area (Å²) in [6.45, 7) is 3.67. The fraction of sp³-hybridized carbons (Fsp3) is 0.471. The van der Waals surface area contributed by atoms with Crippen LogP contribution < -0.4 is 5.73 Å². The zero-order valence-electron chi connectivity index (χ0n) is 12.4. The molecule has 1 aromatic carbocycles. The van der Waals surface area contributed by atoms with Crippen molar-refractivity contribution >= 4 is 27.3 Å². The minimum Gasteiger partial charge on any atom is -0.338 e. The smallest absolute Gasteiger partial charge is 0.227 e. The van der Waals surface area contributed by atoms with Gasteiger partial charge in [0.15, 0.2) is 0 Å². The molecule has 0 saturated carbocycles. The van der Waals surface area contributed by atoms with Gasteiger partial charge in [0.1, 0.15) is 0 Å². The van der Waals surface area contributed by atoms with Crippen LogP contribution in [0, 0.1) is 5.92 Å². The molecule has 2 aromatic rings. The van der Waals surface area contributed by atoms with Gasteiger partial charge in [-0.05, 0) is 41.2 Å². The molecule has 1 aliphatic rings. The molecule has 21 heavy (non-hydrogen) atoms. The largest absolute Gasteiger partial charge is 0.338 e. The van der Waals surface area contributed by atoms with Gasteiger partial charge in [0.2, 0.25) is 5.91 Å². The van der Waals surface area contributed by atoms with Crippen LogP contribution in [0.5, 0.6) is 0 Å². The van der Waals surface area contributed by atoms with E-state index in [1.807, 2.05) is 17.0 Å². The molecule has 2 unspecified atom stereocenters. The van der Waals surface area contributed by atoms with Crippen molar-refractivity contribution in [2.75, 3.05) is 13.1 Å². The summed E-state index contributed by atoms with van der Waals surface area (Å²) in [5.41, 5.74) is 7.01. The Hall–Kier alpha value is -1.39. The summed E-state index contributed by atoms with van der Waals surface area (Å²) >= 11 is 1.71. The molecule has 4 heteroatoms. The van der Waals surface area contributed by atoms with Crippen LogP contribution in [0.1, 0.15) is 25.3 Å². The van der Waals surface area contributed by atoms with Gasteiger partial charge in [-0.3, -0.25) is 4.79 Å². The highest BCUT2D eigenvalue weighted by Gasteiger charge is 2.29. The molecule has 1 saturated heterocycles. The lowest BCUT2D eigenvalue weighted by Gasteiger charge is -2.38. The second-order valence-corrected chi connectivity index (χ2v) is 6.95. The third-order valence-electron chi connectivity index (χ3n) is 4.47. The van der Waals surface area contributed by atoms with Crippen molar-refractivity contribution in [3.8, 4) is 0 Å². The number of amides is 1. The average molecular weight is 302 g/mol. The maximum atomic E-state index is 12.7. The van der Waals surface area contributed by atoms with Crippen LogP contribution >= 0.6 is 11.3 Å². The molecule has 0 spiro atoms. The van der Waals surface area contributed by atoms with E-state index >= 15 is 0 Å². The van der Waals surface area contributed by atoms with Crippen molar-refractivity contribution in [2.45, 2.75) is 32.2 Å². The van der Waals surface area contributed by atoms with Gasteiger partial charge in [-0.15, -0.1) is 11.3 Å². The second-order valence-electron chi connectivity index (χ2n) is 6.04. The molecule has 0 bridgehead atoms. The average Bonchev–Trinajstić information content (AvgIpc) is 2.90. The molecule has 1 amide bonds. The summed E-state index contributed by atoms with van der Waals surface area (Å²) in [5.74, 6) is 0.894. The summed E-state index contributed by atoms with van der Waals surface area (Å²) in [5, 5.41) is 3.33. The van der Waals surface area contributed by atoms with Crippen molar-refractivity contribution in [1.29, 1.82) is 0 Å². The number of likely N-dealkylation sites (tertiary alicyclic amines) is 1. The molecule has 3 rings (SSSR count). The lowest BCUT2D eigenvalue weighted by Crippen LogP contribution is -2.49. The molecule has 2 atom stereocenters. The van der Waals surface area contributed by atoms with Crippen LogP contribution in [-0.4, -0.2) is 29.9 Å². The van der Waals surface area contributed by atoms with E-state index in [0.29, 0.717) is 18.9 Å². The Morgan fingerprint density at radius 3 is 3.05 bits per heavy atom. The van der Waals surface area contributed by atoms with E-state index in [0.717, 1.165) is 24.9 Å². The van der Waals surface area contributed by atoms with Gasteiger partial charge in [-0.1, -0.05) is 25.1 Å². The van der Waals surface area contributed by atoms with E-state index in [-0.39, 0.29) is 11.9 Å². The number of nitrogens with zero attached hydrogens (tertiary/aromatic N) is 1. The summed E-state index contributed by atoms with van der Waals surface area (Å²) in [4.78, 5) is 14.7. The van der Waals surface area contributed by atoms with E-state index in [2.05, 4.69) is 24.4 Å². The summed E-state index contributed by atoms with van der Waals surface area (Å²) in [7, 11) is 0. The molecule has 112 valence electrons. The van der Waals surface area contributed by atoms with Crippen LogP contribution in [0.2, 0.25) is 0 Å². The molecule has 1 aromatic heterocycles. The van der Waals surface area contributed by atoms with Crippen LogP contribution in [0.4, 0.5) is 0 Å². The van der Waals surface area contributed by atoms with E-state index in [4.69, 9.17) is 5.73 Å². The number of benzene rings is 1. The molecule has 2 heterocycles. The highest BCUT2D eigenvalue weighted by atomic mass is 32.1. The Kier molecular flexibility index (Phi) is 4.27. The molecule has 0 radical (unpaired) electrons. The van der Waals surface area contributed by atoms with Crippen molar-refractivity contribution in [3.63, 3.8) is 0 Å². The first-order chi connectivity index (χ1) is 10.2. The predicted octanol–water partition coefficient (Wildman–Crippen LogP) is 3.03. The monoisotopic (exact) mass is 302 g/mol. The minimum absolute atomic E-state index is 0.214. The maximum absolute atomic E-state index is 12.7. The highest BCUT2D eigenvalue weighted by Crippen LogP contribution is 2.28. The maximum Gasteiger partial charge on any atom is 0.227 e. The third kappa shape index (κ3) is 2.97. The van der Waals surface area contributed by atoms with Gasteiger partial charge in [0, 0.05) is 23.8 Å². The van der Waals surface area contributed by atoms with Crippen LogP contribution in [0.15, 0.2) is 29.6 Å². The molecule has 1 fully saturated rings. The zero-order valence-corrected chi connectivity index (χ0v) is 13.2. The Morgan fingerprint density at radius 1 is 1.43 bits per heavy atom. The Bertz CT molecular complexity index is 637. The lowest BCUT2D eigenvalue weighted by atomic mass is 9.92. The highest BCUT2D eigenvalue weighted by molar-refractivity contribution is 7.17. The van der Waals surface area contributed by atoms with Gasteiger partial charge >= 0.3 is 0 Å². The Labute approximate surface area is 129 Å². The third-order valence-corrected chi connectivity index (χ3v) is 5.49. The number of piperidine rings is 1. The van der Waals surface area contributed by atoms with E-state index in [1.165, 1.54) is 10.1 Å². The van der Waals surface area contributed by atoms with Gasteiger partial charge in [-0.2, -0.15) is 0 Å². The minimum atomic E-state index is 0.214. The fourth-order valence-corrected chi connectivity index (χ4v) is 4.20. The van der Waals surface area contributed by atoms with Crippen LogP contribution in [-0.2, 0) is 11.2 Å². The van der Waals surface area contributed by atoms with Gasteiger partial charge in [-0.25, -0.2) is 0 Å². The van der Waals surface area contributed by atoms with Crippen molar-refractivity contribution in [1.82, 2.24) is 4.90 Å². The quantitative estimate of drug-likeness (QED) is 0.947. The lowest BCUT2D eigenvalue weighted by molar-refractivity contribution is -0.134. The summed E-state index contributed by atoms with van der Waals surface area (Å²) < 4.78 is 1.25. The molecule has 3 nitrogen and oxygen atoms in total. The number of carbonyl (C=O) groups excluding carboxylic acids is 1. The number of hydrogen-bond acceptors (Lipinski definition) is 3. The van der Waals surface area contributed by atoms with Gasteiger partial charge in [0.05, 0.1) is 6.42 Å². The van der Waals surface area contributed by atoms with Crippen LogP contribution in [0.25, 0.3) is 10.1 Å². The molecule has 2 N–H and O–H groups in total. The van der Waals surface area contributed by atoms with E-state index in [9.17, 15) is 4.79 Å². The normalized spacial score (nSPS) is 22.7. The standard InChI is InChI=1S/C17H22N2OS/c1-12-6-7-19(14(8-12)10-18)17(20)9-13-11-21-16-5-3-2-4-15(13)16/h2-5,11-12,14H,6-10,18H2,1H3. The molecule has 0 aliphatic carbocycles. The van der Waals surface area contributed by atoms with E-state index in [1.54, 1.807) is 11.3 Å². The van der Waals surface area contributed by atoms with Gasteiger partial charge in [0.25, 0.3) is 0 Å². The number of hydrogen-bond donors (Lipinski definition) is 1. The first-order valence-electron chi connectivity index (χ1n) is 7.63. The number of nitrogens with two attached hydrogens (primary N) is 1. The summed E-state index contributed by atoms with van der Waals surface area (Å²) in [6.07, 6.45) is 2.62. The number of thiophene rings is 1. The predicted molar refractivity (Wildman–Crippen MR) is 88.5 cm³/mol. The Balaban J connectivity index is 1.76. The SMILES string of the molecule is CC1CCN(C(=O)Cc2csc3ccccc23)C(CN)C1. The first-order valence-corrected chi connectivity index (χ1v) is 8.51. The van der Waals surface area contributed by atoms with Crippen LogP contribution in [0.3, 0.4) is 0 Å². The van der Waals surface area contributed by atoms with Crippen molar-refractivity contribution in [2.24, 2.45) is 11.7 Å². The fourth-order valence-electron chi connectivity index (χ4n) is 3.24. The number of rotatable bonds is 3. The van der Waals surface area contributed by atoms with E-state index < -0.39 is 0 Å². The number of carbonyl (C=O) groups is 1. The number of fused-ring (bicyclic) bond motifs is 1. The van der Waals surface area contributed by atoms with Crippen molar-refractivity contribution < 1.29 is 4.79 Å². The van der Waals surface area contributed by atoms with Crippen molar-refractivity contribution in [3.05, 3.63) is 35.2 Å². The first kappa shape index (κ1) is 14.5. The molecular weight excluding hydrogens is 280 g/mol. The zero-order chi connectivity index (χ0) is 14.8. The van der Waals surface area contributed by atoms with Gasteiger partial charge < -0.3 is 10.6 Å². The molecule has 1 aliphatic heterocycles. The molecular formula is C17H22N2OS. The Morgan fingerprint density at radius 2 is 2.24 bits per heavy atom.